The fraction of sp³-hybridized carbons (Fsp3) is 0.536. The number of unbranched alkanes of at least 4 members (excludes halogenated alkanes) is 1. The number of carbonyl (C=O) groups excluding carboxylic acids is 1. The van der Waals surface area contributed by atoms with Crippen LogP contribution in [0.5, 0.6) is 17.2 Å². The Bertz CT molecular complexity index is 865. The molecule has 0 heterocycles. The maximum absolute atomic E-state index is 12.3. The van der Waals surface area contributed by atoms with Crippen molar-refractivity contribution in [2.24, 2.45) is 5.92 Å². The molecule has 1 aliphatic rings. The number of benzene rings is 2. The summed E-state index contributed by atoms with van der Waals surface area (Å²) in [6.07, 6.45) is 11.0. The van der Waals surface area contributed by atoms with E-state index in [1.807, 2.05) is 24.3 Å². The molecule has 3 rings (SSSR count). The normalized spacial score (nSPS) is 15.3. The molecule has 1 fully saturated rings. The fourth-order valence-corrected chi connectivity index (χ4v) is 4.81. The summed E-state index contributed by atoms with van der Waals surface area (Å²) in [6.45, 7) is 2.00. The molecule has 2 aromatic rings. The number of methoxy groups -OCH3 is 1. The molecule has 0 aromatic heterocycles. The molecule has 0 aliphatic heterocycles. The molecule has 1 unspecified atom stereocenters. The van der Waals surface area contributed by atoms with Crippen molar-refractivity contribution < 1.29 is 19.4 Å². The lowest BCUT2D eigenvalue weighted by atomic mass is 9.88. The number of amides is 1. The molecule has 1 aliphatic carbocycles. The van der Waals surface area contributed by atoms with Gasteiger partial charge in [-0.05, 0) is 55.9 Å². The van der Waals surface area contributed by atoms with Crippen LogP contribution in [0, 0.1) is 5.92 Å². The Morgan fingerprint density at radius 3 is 2.41 bits per heavy atom. The lowest BCUT2D eigenvalue weighted by Gasteiger charge is -2.27. The zero-order valence-electron chi connectivity index (χ0n) is 20.4. The molecule has 3 N–H and O–H groups in total. The third-order valence-electron chi connectivity index (χ3n) is 6.68. The fourth-order valence-electron chi connectivity index (χ4n) is 4.81. The summed E-state index contributed by atoms with van der Waals surface area (Å²) in [6, 6.07) is 14.9. The monoisotopic (exact) mass is 468 g/mol. The summed E-state index contributed by atoms with van der Waals surface area (Å²) in [5, 5.41) is 16.5. The quantitative estimate of drug-likeness (QED) is 0.274. The molecule has 1 atom stereocenters. The Kier molecular flexibility index (Phi) is 11.0. The van der Waals surface area contributed by atoms with Gasteiger partial charge in [-0.25, -0.2) is 0 Å². The summed E-state index contributed by atoms with van der Waals surface area (Å²) >= 11 is 0. The van der Waals surface area contributed by atoms with E-state index < -0.39 is 0 Å². The SMILES string of the molecule is COc1ccccc1OCCNC(CCCCNC(=O)c1ccccc1O)C1CCCCCC1. The lowest BCUT2D eigenvalue weighted by molar-refractivity contribution is 0.0950. The number of hydrogen-bond donors (Lipinski definition) is 3. The third kappa shape index (κ3) is 8.24. The largest absolute Gasteiger partial charge is 0.507 e. The molecule has 0 spiro atoms. The first-order chi connectivity index (χ1) is 16.7. The number of carbonyl (C=O) groups is 1. The molecule has 0 bridgehead atoms. The van der Waals surface area contributed by atoms with Crippen LogP contribution in [-0.4, -0.2) is 43.9 Å². The average molecular weight is 469 g/mol. The van der Waals surface area contributed by atoms with E-state index in [2.05, 4.69) is 10.6 Å². The van der Waals surface area contributed by atoms with Crippen molar-refractivity contribution in [3.63, 3.8) is 0 Å². The smallest absolute Gasteiger partial charge is 0.255 e. The Balaban J connectivity index is 1.43. The number of rotatable bonds is 13. The number of para-hydroxylation sites is 3. The summed E-state index contributed by atoms with van der Waals surface area (Å²) in [5.74, 6) is 2.04. The van der Waals surface area contributed by atoms with Crippen molar-refractivity contribution in [2.45, 2.75) is 63.8 Å². The van der Waals surface area contributed by atoms with Gasteiger partial charge in [0.2, 0.25) is 0 Å². The van der Waals surface area contributed by atoms with E-state index in [1.54, 1.807) is 25.3 Å². The van der Waals surface area contributed by atoms with Gasteiger partial charge in [0.15, 0.2) is 11.5 Å². The van der Waals surface area contributed by atoms with Crippen LogP contribution in [0.15, 0.2) is 48.5 Å². The predicted octanol–water partition coefficient (Wildman–Crippen LogP) is 5.31. The zero-order chi connectivity index (χ0) is 24.0. The predicted molar refractivity (Wildman–Crippen MR) is 136 cm³/mol. The first kappa shape index (κ1) is 25.9. The molecule has 2 aromatic carbocycles. The number of phenols is 1. The standard InChI is InChI=1S/C28H40N2O4/c1-33-26-17-8-9-18-27(26)34-21-20-29-24(22-12-4-2-3-5-13-22)15-10-11-19-30-28(32)23-14-6-7-16-25(23)31/h6-9,14,16-18,22,24,29,31H,2-5,10-13,15,19-21H2,1H3,(H,30,32). The Labute approximate surface area is 204 Å². The van der Waals surface area contributed by atoms with Crippen molar-refractivity contribution in [3.8, 4) is 17.2 Å². The Morgan fingerprint density at radius 2 is 1.68 bits per heavy atom. The van der Waals surface area contributed by atoms with E-state index in [0.29, 0.717) is 30.7 Å². The highest BCUT2D eigenvalue weighted by atomic mass is 16.5. The van der Waals surface area contributed by atoms with Crippen LogP contribution in [0.3, 0.4) is 0 Å². The van der Waals surface area contributed by atoms with E-state index in [9.17, 15) is 9.90 Å². The van der Waals surface area contributed by atoms with E-state index in [4.69, 9.17) is 9.47 Å². The second-order valence-corrected chi connectivity index (χ2v) is 9.08. The van der Waals surface area contributed by atoms with Gasteiger partial charge in [0.05, 0.1) is 12.7 Å². The molecule has 6 heteroatoms. The molecular formula is C28H40N2O4. The van der Waals surface area contributed by atoms with E-state index >= 15 is 0 Å². The van der Waals surface area contributed by atoms with Crippen molar-refractivity contribution in [2.75, 3.05) is 26.8 Å². The Morgan fingerprint density at radius 1 is 0.971 bits per heavy atom. The van der Waals surface area contributed by atoms with Gasteiger partial charge in [0.1, 0.15) is 12.4 Å². The van der Waals surface area contributed by atoms with Crippen LogP contribution in [0.4, 0.5) is 0 Å². The van der Waals surface area contributed by atoms with Crippen LogP contribution in [0.2, 0.25) is 0 Å². The van der Waals surface area contributed by atoms with Gasteiger partial charge in [-0.15, -0.1) is 0 Å². The maximum atomic E-state index is 12.3. The van der Waals surface area contributed by atoms with Gasteiger partial charge < -0.3 is 25.2 Å². The average Bonchev–Trinajstić information content (AvgIpc) is 3.15. The van der Waals surface area contributed by atoms with Crippen molar-refractivity contribution in [3.05, 3.63) is 54.1 Å². The number of aromatic hydroxyl groups is 1. The first-order valence-electron chi connectivity index (χ1n) is 12.7. The number of phenolic OH excluding ortho intramolecular Hbond substituents is 1. The van der Waals surface area contributed by atoms with Crippen LogP contribution in [0.1, 0.15) is 68.1 Å². The molecule has 34 heavy (non-hydrogen) atoms. The van der Waals surface area contributed by atoms with Crippen LogP contribution in [-0.2, 0) is 0 Å². The van der Waals surface area contributed by atoms with Gasteiger partial charge in [-0.2, -0.15) is 0 Å². The van der Waals surface area contributed by atoms with Crippen molar-refractivity contribution in [1.29, 1.82) is 0 Å². The van der Waals surface area contributed by atoms with Crippen LogP contribution >= 0.6 is 0 Å². The van der Waals surface area contributed by atoms with Crippen LogP contribution < -0.4 is 20.1 Å². The summed E-state index contributed by atoms with van der Waals surface area (Å²) in [7, 11) is 1.66. The third-order valence-corrected chi connectivity index (χ3v) is 6.68. The Hall–Kier alpha value is -2.73. The molecule has 1 saturated carbocycles. The summed E-state index contributed by atoms with van der Waals surface area (Å²) in [4.78, 5) is 12.3. The lowest BCUT2D eigenvalue weighted by Crippen LogP contribution is -2.38. The molecule has 6 nitrogen and oxygen atoms in total. The first-order valence-corrected chi connectivity index (χ1v) is 12.7. The molecular weight excluding hydrogens is 428 g/mol. The zero-order valence-corrected chi connectivity index (χ0v) is 20.4. The minimum Gasteiger partial charge on any atom is -0.507 e. The second-order valence-electron chi connectivity index (χ2n) is 9.08. The molecule has 0 radical (unpaired) electrons. The van der Waals surface area contributed by atoms with Crippen molar-refractivity contribution in [1.82, 2.24) is 10.6 Å². The molecule has 1 amide bonds. The number of hydrogen-bond acceptors (Lipinski definition) is 5. The second kappa shape index (κ2) is 14.5. The number of nitrogens with one attached hydrogen (secondary N) is 2. The summed E-state index contributed by atoms with van der Waals surface area (Å²) < 4.78 is 11.3. The van der Waals surface area contributed by atoms with E-state index in [0.717, 1.165) is 37.3 Å². The van der Waals surface area contributed by atoms with Gasteiger partial charge in [-0.3, -0.25) is 4.79 Å². The van der Waals surface area contributed by atoms with E-state index in [1.165, 1.54) is 44.6 Å². The van der Waals surface area contributed by atoms with Gasteiger partial charge >= 0.3 is 0 Å². The topological polar surface area (TPSA) is 79.8 Å². The van der Waals surface area contributed by atoms with Crippen molar-refractivity contribution >= 4 is 5.91 Å². The van der Waals surface area contributed by atoms with Gasteiger partial charge in [0.25, 0.3) is 5.91 Å². The highest BCUT2D eigenvalue weighted by Gasteiger charge is 2.22. The summed E-state index contributed by atoms with van der Waals surface area (Å²) in [5.41, 5.74) is 0.329. The molecule has 0 saturated heterocycles. The minimum absolute atomic E-state index is 0.0213. The molecule has 186 valence electrons. The highest BCUT2D eigenvalue weighted by Crippen LogP contribution is 2.28. The van der Waals surface area contributed by atoms with Gasteiger partial charge in [0, 0.05) is 19.1 Å². The maximum Gasteiger partial charge on any atom is 0.255 e. The highest BCUT2D eigenvalue weighted by molar-refractivity contribution is 5.96. The van der Waals surface area contributed by atoms with E-state index in [-0.39, 0.29) is 11.7 Å². The van der Waals surface area contributed by atoms with Gasteiger partial charge in [-0.1, -0.05) is 56.4 Å². The minimum atomic E-state index is -0.218. The van der Waals surface area contributed by atoms with Crippen LogP contribution in [0.25, 0.3) is 0 Å². The number of ether oxygens (including phenoxy) is 2.